The van der Waals surface area contributed by atoms with E-state index in [1.54, 1.807) is 0 Å². The molecule has 58 valence electrons. The van der Waals surface area contributed by atoms with Crippen molar-refractivity contribution in [1.82, 2.24) is 5.32 Å². The van der Waals surface area contributed by atoms with Gasteiger partial charge >= 0.3 is 0 Å². The standard InChI is InChI=1S/C9H17N/c1-5-8(2)6-7-9(3)10-4/h5-7,9-10H,1-4H3/b7-6-,8-5-. The smallest absolute Gasteiger partial charge is 0.0221 e. The molecule has 0 saturated heterocycles. The first-order chi connectivity index (χ1) is 4.70. The second-order valence-corrected chi connectivity index (χ2v) is 2.47. The molecule has 0 saturated carbocycles. The Morgan fingerprint density at radius 3 is 2.50 bits per heavy atom. The Morgan fingerprint density at radius 2 is 2.10 bits per heavy atom. The van der Waals surface area contributed by atoms with Crippen molar-refractivity contribution in [3.63, 3.8) is 0 Å². The number of likely N-dealkylation sites (N-methyl/N-ethyl adjacent to an activating group) is 1. The van der Waals surface area contributed by atoms with Gasteiger partial charge in [-0.2, -0.15) is 0 Å². The number of rotatable bonds is 3. The lowest BCUT2D eigenvalue weighted by Gasteiger charge is -2.01. The van der Waals surface area contributed by atoms with Crippen molar-refractivity contribution >= 4 is 0 Å². The fourth-order valence-corrected chi connectivity index (χ4v) is 0.489. The monoisotopic (exact) mass is 139 g/mol. The SMILES string of the molecule is C/C=C(C)\C=C/C(C)NC. The highest BCUT2D eigenvalue weighted by Crippen LogP contribution is 1.94. The van der Waals surface area contributed by atoms with E-state index >= 15 is 0 Å². The van der Waals surface area contributed by atoms with Crippen molar-refractivity contribution in [3.8, 4) is 0 Å². The largest absolute Gasteiger partial charge is 0.314 e. The van der Waals surface area contributed by atoms with Crippen LogP contribution >= 0.6 is 0 Å². The Labute approximate surface area is 63.8 Å². The molecule has 1 atom stereocenters. The van der Waals surface area contributed by atoms with Gasteiger partial charge in [0.25, 0.3) is 0 Å². The highest BCUT2D eigenvalue weighted by Gasteiger charge is 1.87. The predicted octanol–water partition coefficient (Wildman–Crippen LogP) is 2.12. The van der Waals surface area contributed by atoms with Gasteiger partial charge in [0, 0.05) is 6.04 Å². The molecule has 0 rings (SSSR count). The van der Waals surface area contributed by atoms with Crippen molar-refractivity contribution in [2.75, 3.05) is 7.05 Å². The lowest BCUT2D eigenvalue weighted by Crippen LogP contribution is -2.17. The fourth-order valence-electron chi connectivity index (χ4n) is 0.489. The summed E-state index contributed by atoms with van der Waals surface area (Å²) in [6.45, 7) is 6.27. The maximum atomic E-state index is 3.13. The van der Waals surface area contributed by atoms with E-state index in [2.05, 4.69) is 37.4 Å². The Bertz CT molecular complexity index is 134. The molecule has 10 heavy (non-hydrogen) atoms. The average Bonchev–Trinajstić information content (AvgIpc) is 1.99. The van der Waals surface area contributed by atoms with Gasteiger partial charge in [-0.15, -0.1) is 0 Å². The van der Waals surface area contributed by atoms with Crippen LogP contribution in [-0.2, 0) is 0 Å². The van der Waals surface area contributed by atoms with Crippen molar-refractivity contribution < 1.29 is 0 Å². The highest BCUT2D eigenvalue weighted by molar-refractivity contribution is 5.16. The first-order valence-corrected chi connectivity index (χ1v) is 3.69. The summed E-state index contributed by atoms with van der Waals surface area (Å²) in [6.07, 6.45) is 6.37. The predicted molar refractivity (Wildman–Crippen MR) is 47.1 cm³/mol. The van der Waals surface area contributed by atoms with Crippen LogP contribution in [0, 0.1) is 0 Å². The van der Waals surface area contributed by atoms with E-state index < -0.39 is 0 Å². The van der Waals surface area contributed by atoms with Gasteiger partial charge in [-0.1, -0.05) is 23.8 Å². The summed E-state index contributed by atoms with van der Waals surface area (Å²) in [5.74, 6) is 0. The highest BCUT2D eigenvalue weighted by atomic mass is 14.8. The third kappa shape index (κ3) is 4.33. The molecule has 0 heterocycles. The maximum absolute atomic E-state index is 3.13. The van der Waals surface area contributed by atoms with Crippen LogP contribution in [0.5, 0.6) is 0 Å². The van der Waals surface area contributed by atoms with Gasteiger partial charge in [-0.25, -0.2) is 0 Å². The van der Waals surface area contributed by atoms with Crippen molar-refractivity contribution in [1.29, 1.82) is 0 Å². The first kappa shape index (κ1) is 9.44. The molecule has 0 bridgehead atoms. The van der Waals surface area contributed by atoms with Gasteiger partial charge in [-0.3, -0.25) is 0 Å². The van der Waals surface area contributed by atoms with Crippen LogP contribution in [0.25, 0.3) is 0 Å². The normalized spacial score (nSPS) is 16.2. The molecule has 0 radical (unpaired) electrons. The Kier molecular flexibility index (Phi) is 4.95. The van der Waals surface area contributed by atoms with Crippen molar-refractivity contribution in [2.45, 2.75) is 26.8 Å². The van der Waals surface area contributed by atoms with E-state index in [9.17, 15) is 0 Å². The van der Waals surface area contributed by atoms with Crippen LogP contribution in [0.3, 0.4) is 0 Å². The lowest BCUT2D eigenvalue weighted by molar-refractivity contribution is 0.728. The molecule has 0 fully saturated rings. The second-order valence-electron chi connectivity index (χ2n) is 2.47. The summed E-state index contributed by atoms with van der Waals surface area (Å²) in [6, 6.07) is 0.467. The molecule has 0 aliphatic rings. The summed E-state index contributed by atoms with van der Waals surface area (Å²) >= 11 is 0. The molecule has 0 spiro atoms. The van der Waals surface area contributed by atoms with Crippen LogP contribution in [-0.4, -0.2) is 13.1 Å². The number of allylic oxidation sites excluding steroid dienone is 3. The Morgan fingerprint density at radius 1 is 1.50 bits per heavy atom. The molecule has 1 N–H and O–H groups in total. The quantitative estimate of drug-likeness (QED) is 0.590. The zero-order valence-electron chi connectivity index (χ0n) is 7.31. The molecule has 0 aliphatic heterocycles. The molecule has 1 nitrogen and oxygen atoms in total. The van der Waals surface area contributed by atoms with Gasteiger partial charge in [0.1, 0.15) is 0 Å². The molecule has 0 aromatic heterocycles. The van der Waals surface area contributed by atoms with E-state index in [0.717, 1.165) is 0 Å². The van der Waals surface area contributed by atoms with E-state index in [-0.39, 0.29) is 0 Å². The molecule has 1 heteroatoms. The number of nitrogens with one attached hydrogen (secondary N) is 1. The molecule has 0 amide bonds. The Balaban J connectivity index is 3.75. The summed E-state index contributed by atoms with van der Waals surface area (Å²) < 4.78 is 0. The minimum atomic E-state index is 0.467. The molecule has 0 aliphatic carbocycles. The first-order valence-electron chi connectivity index (χ1n) is 3.69. The number of hydrogen-bond acceptors (Lipinski definition) is 1. The van der Waals surface area contributed by atoms with Crippen LogP contribution < -0.4 is 5.32 Å². The third-order valence-electron chi connectivity index (χ3n) is 1.56. The average molecular weight is 139 g/mol. The summed E-state index contributed by atoms with van der Waals surface area (Å²) in [7, 11) is 1.96. The molecule has 0 aromatic rings. The van der Waals surface area contributed by atoms with Gasteiger partial charge in [0.15, 0.2) is 0 Å². The van der Waals surface area contributed by atoms with Gasteiger partial charge in [-0.05, 0) is 27.8 Å². The molecular formula is C9H17N. The minimum absolute atomic E-state index is 0.467. The maximum Gasteiger partial charge on any atom is 0.0221 e. The molecule has 1 unspecified atom stereocenters. The van der Waals surface area contributed by atoms with Crippen molar-refractivity contribution in [3.05, 3.63) is 23.8 Å². The van der Waals surface area contributed by atoms with E-state index in [1.165, 1.54) is 5.57 Å². The van der Waals surface area contributed by atoms with Crippen molar-refractivity contribution in [2.24, 2.45) is 0 Å². The van der Waals surface area contributed by atoms with E-state index in [4.69, 9.17) is 0 Å². The topological polar surface area (TPSA) is 12.0 Å². The van der Waals surface area contributed by atoms with Crippen LogP contribution in [0.1, 0.15) is 20.8 Å². The van der Waals surface area contributed by atoms with Gasteiger partial charge in [0.2, 0.25) is 0 Å². The van der Waals surface area contributed by atoms with Crippen LogP contribution in [0.15, 0.2) is 23.8 Å². The van der Waals surface area contributed by atoms with E-state index in [1.807, 2.05) is 14.0 Å². The van der Waals surface area contributed by atoms with Crippen LogP contribution in [0.4, 0.5) is 0 Å². The lowest BCUT2D eigenvalue weighted by atomic mass is 10.2. The summed E-state index contributed by atoms with van der Waals surface area (Å²) in [5, 5.41) is 3.13. The minimum Gasteiger partial charge on any atom is -0.314 e. The van der Waals surface area contributed by atoms with E-state index in [0.29, 0.717) is 6.04 Å². The number of hydrogen-bond donors (Lipinski definition) is 1. The van der Waals surface area contributed by atoms with Crippen LogP contribution in [0.2, 0.25) is 0 Å². The fraction of sp³-hybridized carbons (Fsp3) is 0.556. The van der Waals surface area contributed by atoms with Gasteiger partial charge < -0.3 is 5.32 Å². The van der Waals surface area contributed by atoms with Gasteiger partial charge in [0.05, 0.1) is 0 Å². The zero-order chi connectivity index (χ0) is 7.98. The molecule has 0 aromatic carbocycles. The second kappa shape index (κ2) is 5.24. The third-order valence-corrected chi connectivity index (χ3v) is 1.56. The summed E-state index contributed by atoms with van der Waals surface area (Å²) in [4.78, 5) is 0. The Hall–Kier alpha value is -0.560. The molecular weight excluding hydrogens is 122 g/mol. The summed E-state index contributed by atoms with van der Waals surface area (Å²) in [5.41, 5.74) is 1.31. The zero-order valence-corrected chi connectivity index (χ0v) is 7.31.